The van der Waals surface area contributed by atoms with Crippen molar-refractivity contribution in [1.82, 2.24) is 19.5 Å². The quantitative estimate of drug-likeness (QED) is 0.847. The van der Waals surface area contributed by atoms with Crippen molar-refractivity contribution in [1.29, 1.82) is 0 Å². The van der Waals surface area contributed by atoms with E-state index in [0.29, 0.717) is 30.7 Å². The maximum atomic E-state index is 12.3. The summed E-state index contributed by atoms with van der Waals surface area (Å²) in [6, 6.07) is 0. The van der Waals surface area contributed by atoms with Gasteiger partial charge in [0.2, 0.25) is 5.95 Å². The summed E-state index contributed by atoms with van der Waals surface area (Å²) < 4.78 is 33.9. The van der Waals surface area contributed by atoms with Gasteiger partial charge in [0.15, 0.2) is 5.03 Å². The zero-order valence-corrected chi connectivity index (χ0v) is 13.7. The number of morpholine rings is 1. The molecule has 2 aromatic heterocycles. The molecule has 0 saturated carbocycles. The van der Waals surface area contributed by atoms with Crippen molar-refractivity contribution in [3.05, 3.63) is 24.4 Å². The summed E-state index contributed by atoms with van der Waals surface area (Å²) in [5.74, 6) is 1.18. The Bertz CT molecular complexity index is 761. The molecule has 0 aromatic carbocycles. The Balaban J connectivity index is 1.74. The van der Waals surface area contributed by atoms with E-state index in [4.69, 9.17) is 4.74 Å². The van der Waals surface area contributed by atoms with Gasteiger partial charge < -0.3 is 14.2 Å². The van der Waals surface area contributed by atoms with E-state index >= 15 is 0 Å². The van der Waals surface area contributed by atoms with Crippen LogP contribution in [-0.4, -0.2) is 54.2 Å². The lowest BCUT2D eigenvalue weighted by atomic mass is 10.4. The highest BCUT2D eigenvalue weighted by atomic mass is 32.2. The Morgan fingerprint density at radius 2 is 1.87 bits per heavy atom. The predicted octanol–water partition coefficient (Wildman–Crippen LogP) is 0.156. The molecule has 124 valence electrons. The fourth-order valence-corrected chi connectivity index (χ4v) is 3.23. The van der Waals surface area contributed by atoms with Crippen LogP contribution < -0.4 is 9.62 Å². The lowest BCUT2D eigenvalue weighted by Crippen LogP contribution is -2.37. The van der Waals surface area contributed by atoms with E-state index in [1.165, 1.54) is 18.6 Å². The van der Waals surface area contributed by atoms with Gasteiger partial charge in [-0.3, -0.25) is 4.72 Å². The fraction of sp³-hybridized carbons (Fsp3) is 0.462. The zero-order valence-electron chi connectivity index (χ0n) is 12.9. The van der Waals surface area contributed by atoms with Crippen LogP contribution in [0.2, 0.25) is 0 Å². The van der Waals surface area contributed by atoms with E-state index in [9.17, 15) is 8.42 Å². The molecule has 0 bridgehead atoms. The molecular weight excluding hydrogens is 320 g/mol. The van der Waals surface area contributed by atoms with Gasteiger partial charge in [-0.1, -0.05) is 0 Å². The predicted molar refractivity (Wildman–Crippen MR) is 83.8 cm³/mol. The minimum Gasteiger partial charge on any atom is -0.378 e. The van der Waals surface area contributed by atoms with Gasteiger partial charge in [-0.2, -0.15) is 8.42 Å². The van der Waals surface area contributed by atoms with Gasteiger partial charge in [0, 0.05) is 26.3 Å². The molecule has 1 aliphatic heterocycles. The summed E-state index contributed by atoms with van der Waals surface area (Å²) in [7, 11) is -2.01. The first-order valence-electron chi connectivity index (χ1n) is 7.13. The van der Waals surface area contributed by atoms with Gasteiger partial charge in [-0.25, -0.2) is 15.0 Å². The van der Waals surface area contributed by atoms with Crippen LogP contribution >= 0.6 is 0 Å². The molecule has 1 aliphatic rings. The largest absolute Gasteiger partial charge is 0.378 e. The number of anilines is 2. The van der Waals surface area contributed by atoms with E-state index in [1.807, 2.05) is 4.90 Å². The maximum absolute atomic E-state index is 12.3. The number of rotatable bonds is 4. The molecule has 1 N–H and O–H groups in total. The van der Waals surface area contributed by atoms with Gasteiger partial charge in [0.25, 0.3) is 10.0 Å². The standard InChI is InChI=1S/C13H18N6O3S/c1-10-16-12(9-18(10)2)23(20,21)17-11-7-14-13(15-8-11)19-3-5-22-6-4-19/h7-9,17H,3-6H2,1-2H3. The molecule has 0 aliphatic carbocycles. The highest BCUT2D eigenvalue weighted by Gasteiger charge is 2.19. The molecule has 1 saturated heterocycles. The average Bonchev–Trinajstić information content (AvgIpc) is 2.89. The normalized spacial score (nSPS) is 15.7. The Morgan fingerprint density at radius 1 is 1.22 bits per heavy atom. The topological polar surface area (TPSA) is 102 Å². The Labute approximate surface area is 134 Å². The zero-order chi connectivity index (χ0) is 16.4. The third-order valence-corrected chi connectivity index (χ3v) is 4.80. The van der Waals surface area contributed by atoms with Crippen molar-refractivity contribution in [2.24, 2.45) is 7.05 Å². The van der Waals surface area contributed by atoms with Gasteiger partial charge >= 0.3 is 0 Å². The van der Waals surface area contributed by atoms with Crippen LogP contribution in [0.3, 0.4) is 0 Å². The molecule has 9 nitrogen and oxygen atoms in total. The van der Waals surface area contributed by atoms with Crippen molar-refractivity contribution in [3.8, 4) is 0 Å². The summed E-state index contributed by atoms with van der Waals surface area (Å²) in [5.41, 5.74) is 0.297. The van der Waals surface area contributed by atoms with Crippen LogP contribution in [0.4, 0.5) is 11.6 Å². The number of hydrogen-bond acceptors (Lipinski definition) is 7. The van der Waals surface area contributed by atoms with Crippen molar-refractivity contribution in [2.45, 2.75) is 11.9 Å². The second kappa shape index (κ2) is 6.13. The van der Waals surface area contributed by atoms with Crippen LogP contribution in [0, 0.1) is 6.92 Å². The summed E-state index contributed by atoms with van der Waals surface area (Å²) >= 11 is 0. The van der Waals surface area contributed by atoms with Crippen LogP contribution in [0.15, 0.2) is 23.6 Å². The molecule has 23 heavy (non-hydrogen) atoms. The van der Waals surface area contributed by atoms with Crippen LogP contribution in [0.1, 0.15) is 5.82 Å². The highest BCUT2D eigenvalue weighted by Crippen LogP contribution is 2.16. The first-order chi connectivity index (χ1) is 11.0. The highest BCUT2D eigenvalue weighted by molar-refractivity contribution is 7.92. The lowest BCUT2D eigenvalue weighted by Gasteiger charge is -2.26. The Morgan fingerprint density at radius 3 is 2.43 bits per heavy atom. The molecule has 3 heterocycles. The Hall–Kier alpha value is -2.20. The van der Waals surface area contributed by atoms with Crippen LogP contribution in [-0.2, 0) is 21.8 Å². The molecule has 1 fully saturated rings. The van der Waals surface area contributed by atoms with Crippen molar-refractivity contribution in [3.63, 3.8) is 0 Å². The molecule has 0 amide bonds. The first kappa shape index (κ1) is 15.7. The Kier molecular flexibility index (Phi) is 4.18. The van der Waals surface area contributed by atoms with Crippen molar-refractivity contribution in [2.75, 3.05) is 35.9 Å². The molecule has 0 atom stereocenters. The number of sulfonamides is 1. The van der Waals surface area contributed by atoms with E-state index in [1.54, 1.807) is 18.5 Å². The summed E-state index contributed by atoms with van der Waals surface area (Å²) in [5, 5.41) is -0.0326. The number of ether oxygens (including phenoxy) is 1. The number of nitrogens with zero attached hydrogens (tertiary/aromatic N) is 5. The number of nitrogens with one attached hydrogen (secondary N) is 1. The number of aromatic nitrogens is 4. The maximum Gasteiger partial charge on any atom is 0.281 e. The second-order valence-electron chi connectivity index (χ2n) is 5.21. The SMILES string of the molecule is Cc1nc(S(=O)(=O)Nc2cnc(N3CCOCC3)nc2)cn1C. The molecule has 3 rings (SSSR count). The van der Waals surface area contributed by atoms with Gasteiger partial charge in [-0.05, 0) is 6.92 Å². The van der Waals surface area contributed by atoms with E-state index < -0.39 is 10.0 Å². The van der Waals surface area contributed by atoms with E-state index in [0.717, 1.165) is 13.1 Å². The second-order valence-corrected chi connectivity index (χ2v) is 6.84. The summed E-state index contributed by atoms with van der Waals surface area (Å²) in [6.07, 6.45) is 4.36. The molecular formula is C13H18N6O3S. The van der Waals surface area contributed by atoms with E-state index in [-0.39, 0.29) is 5.03 Å². The molecule has 2 aromatic rings. The number of aryl methyl sites for hydroxylation is 2. The third-order valence-electron chi connectivity index (χ3n) is 3.55. The van der Waals surface area contributed by atoms with E-state index in [2.05, 4.69) is 19.7 Å². The minimum absolute atomic E-state index is 0.0326. The first-order valence-corrected chi connectivity index (χ1v) is 8.61. The minimum atomic E-state index is -3.75. The number of imidazole rings is 1. The average molecular weight is 338 g/mol. The van der Waals surface area contributed by atoms with Crippen molar-refractivity contribution < 1.29 is 13.2 Å². The molecule has 0 radical (unpaired) electrons. The fourth-order valence-electron chi connectivity index (χ4n) is 2.16. The number of hydrogen-bond donors (Lipinski definition) is 1. The van der Waals surface area contributed by atoms with Gasteiger partial charge in [-0.15, -0.1) is 0 Å². The molecule has 0 spiro atoms. The molecule has 0 unspecified atom stereocenters. The summed E-state index contributed by atoms with van der Waals surface area (Å²) in [6.45, 7) is 4.45. The third kappa shape index (κ3) is 3.42. The monoisotopic (exact) mass is 338 g/mol. The smallest absolute Gasteiger partial charge is 0.281 e. The van der Waals surface area contributed by atoms with Crippen molar-refractivity contribution >= 4 is 21.7 Å². The van der Waals surface area contributed by atoms with Crippen LogP contribution in [0.25, 0.3) is 0 Å². The molecule has 10 heteroatoms. The van der Waals surface area contributed by atoms with Crippen LogP contribution in [0.5, 0.6) is 0 Å². The van der Waals surface area contributed by atoms with Gasteiger partial charge in [0.05, 0.1) is 31.3 Å². The summed E-state index contributed by atoms with van der Waals surface area (Å²) in [4.78, 5) is 14.4. The van der Waals surface area contributed by atoms with Gasteiger partial charge in [0.1, 0.15) is 5.82 Å². The lowest BCUT2D eigenvalue weighted by molar-refractivity contribution is 0.122.